The number of nitrogens with one attached hydrogen (secondary N) is 1. The van der Waals surface area contributed by atoms with E-state index in [1.54, 1.807) is 7.11 Å². The zero-order valence-electron chi connectivity index (χ0n) is 19.3. The molecule has 2 aromatic carbocycles. The van der Waals surface area contributed by atoms with Gasteiger partial charge in [0, 0.05) is 17.8 Å². The fourth-order valence-electron chi connectivity index (χ4n) is 4.31. The number of aryl methyl sites for hydroxylation is 1. The molecule has 1 fully saturated rings. The number of nitriles is 1. The molecule has 33 heavy (non-hydrogen) atoms. The maximum absolute atomic E-state index is 9.86. The first kappa shape index (κ1) is 23.2. The van der Waals surface area contributed by atoms with Crippen molar-refractivity contribution in [3.63, 3.8) is 0 Å². The normalized spacial score (nSPS) is 15.1. The predicted molar refractivity (Wildman–Crippen MR) is 133 cm³/mol. The Hall–Kier alpha value is -2.98. The van der Waals surface area contributed by atoms with Crippen LogP contribution in [-0.2, 0) is 13.0 Å². The van der Waals surface area contributed by atoms with E-state index in [-0.39, 0.29) is 5.25 Å². The van der Waals surface area contributed by atoms with Gasteiger partial charge in [-0.3, -0.25) is 0 Å². The molecule has 172 valence electrons. The fraction of sp³-hybridized carbons (Fsp3) is 0.423. The number of benzene rings is 2. The first-order valence-electron chi connectivity index (χ1n) is 11.6. The van der Waals surface area contributed by atoms with Crippen molar-refractivity contribution < 1.29 is 4.74 Å². The van der Waals surface area contributed by atoms with E-state index in [1.165, 1.54) is 42.2 Å². The van der Waals surface area contributed by atoms with Crippen molar-refractivity contribution in [1.29, 1.82) is 5.26 Å². The van der Waals surface area contributed by atoms with E-state index in [9.17, 15) is 5.26 Å². The zero-order valence-corrected chi connectivity index (χ0v) is 20.1. The molecule has 1 atom stereocenters. The number of methoxy groups -OCH3 is 1. The molecular weight excluding hydrogens is 430 g/mol. The summed E-state index contributed by atoms with van der Waals surface area (Å²) >= 11 is 1.54. The molecule has 4 rings (SSSR count). The molecule has 1 aliphatic carbocycles. The van der Waals surface area contributed by atoms with Gasteiger partial charge in [0.15, 0.2) is 11.0 Å². The highest BCUT2D eigenvalue weighted by Gasteiger charge is 2.25. The van der Waals surface area contributed by atoms with Crippen LogP contribution in [0.5, 0.6) is 5.75 Å². The van der Waals surface area contributed by atoms with Crippen LogP contribution in [0.2, 0.25) is 0 Å². The third-order valence-electron chi connectivity index (χ3n) is 6.13. The van der Waals surface area contributed by atoms with Crippen molar-refractivity contribution in [3.8, 4) is 11.8 Å². The molecule has 1 saturated carbocycles. The van der Waals surface area contributed by atoms with Gasteiger partial charge in [-0.15, -0.1) is 10.2 Å². The largest absolute Gasteiger partial charge is 0.497 e. The lowest BCUT2D eigenvalue weighted by atomic mass is 9.95. The molecule has 0 bridgehead atoms. The van der Waals surface area contributed by atoms with E-state index in [1.807, 2.05) is 24.3 Å². The van der Waals surface area contributed by atoms with Crippen LogP contribution in [0.25, 0.3) is 0 Å². The van der Waals surface area contributed by atoms with Crippen molar-refractivity contribution in [1.82, 2.24) is 14.8 Å². The lowest BCUT2D eigenvalue weighted by Gasteiger charge is -2.26. The standard InChI is InChI=1S/C26H31N5OS/c1-19-11-13-20(14-12-19)15-24(17-27)33-26-30-29-25(31(26)22-8-4-3-5-9-22)18-28-21-7-6-10-23(16-21)32-2/h6-7,10-14,16,22,24,28H,3-5,8-9,15,18H2,1-2H3. The number of thioether (sulfide) groups is 1. The van der Waals surface area contributed by atoms with Crippen molar-refractivity contribution in [2.75, 3.05) is 12.4 Å². The monoisotopic (exact) mass is 461 g/mol. The molecule has 0 amide bonds. The molecule has 6 nitrogen and oxygen atoms in total. The number of nitrogens with zero attached hydrogens (tertiary/aromatic N) is 4. The molecule has 3 aromatic rings. The summed E-state index contributed by atoms with van der Waals surface area (Å²) in [7, 11) is 1.67. The van der Waals surface area contributed by atoms with E-state index in [2.05, 4.69) is 57.3 Å². The van der Waals surface area contributed by atoms with Crippen LogP contribution in [0, 0.1) is 18.3 Å². The van der Waals surface area contributed by atoms with Crippen LogP contribution >= 0.6 is 11.8 Å². The topological polar surface area (TPSA) is 75.8 Å². The number of hydrogen-bond donors (Lipinski definition) is 1. The molecule has 0 spiro atoms. The van der Waals surface area contributed by atoms with Gasteiger partial charge in [0.1, 0.15) is 11.0 Å². The number of hydrogen-bond acceptors (Lipinski definition) is 6. The zero-order chi connectivity index (χ0) is 23.0. The third-order valence-corrected chi connectivity index (χ3v) is 7.17. The van der Waals surface area contributed by atoms with Crippen LogP contribution in [0.3, 0.4) is 0 Å². The van der Waals surface area contributed by atoms with Gasteiger partial charge in [0.2, 0.25) is 0 Å². The highest BCUT2D eigenvalue weighted by Crippen LogP contribution is 2.34. The summed E-state index contributed by atoms with van der Waals surface area (Å²) in [6.45, 7) is 2.65. The van der Waals surface area contributed by atoms with E-state index in [0.717, 1.165) is 35.3 Å². The second kappa shape index (κ2) is 11.2. The Morgan fingerprint density at radius 1 is 1.15 bits per heavy atom. The molecule has 1 aromatic heterocycles. The van der Waals surface area contributed by atoms with Gasteiger partial charge in [0.25, 0.3) is 0 Å². The minimum atomic E-state index is -0.210. The average Bonchev–Trinajstić information content (AvgIpc) is 3.26. The smallest absolute Gasteiger partial charge is 0.192 e. The average molecular weight is 462 g/mol. The lowest BCUT2D eigenvalue weighted by molar-refractivity contribution is 0.330. The Balaban J connectivity index is 1.53. The highest BCUT2D eigenvalue weighted by atomic mass is 32.2. The summed E-state index contributed by atoms with van der Waals surface area (Å²) in [5.74, 6) is 1.73. The summed E-state index contributed by atoms with van der Waals surface area (Å²) < 4.78 is 7.62. The van der Waals surface area contributed by atoms with Gasteiger partial charge in [-0.05, 0) is 43.9 Å². The summed E-state index contributed by atoms with van der Waals surface area (Å²) in [5, 5.41) is 23.0. The Bertz CT molecular complexity index is 1080. The lowest BCUT2D eigenvalue weighted by Crippen LogP contribution is -2.19. The molecule has 1 unspecified atom stereocenters. The molecule has 1 N–H and O–H groups in total. The maximum atomic E-state index is 9.86. The van der Waals surface area contributed by atoms with E-state index in [4.69, 9.17) is 4.74 Å². The van der Waals surface area contributed by atoms with Gasteiger partial charge in [-0.2, -0.15) is 5.26 Å². The number of aromatic nitrogens is 3. The minimum absolute atomic E-state index is 0.210. The molecule has 1 aliphatic rings. The number of ether oxygens (including phenoxy) is 1. The van der Waals surface area contributed by atoms with Crippen LogP contribution in [-0.4, -0.2) is 27.1 Å². The SMILES string of the molecule is COc1cccc(NCc2nnc(SC(C#N)Cc3ccc(C)cc3)n2C2CCCCC2)c1. The van der Waals surface area contributed by atoms with Gasteiger partial charge in [-0.25, -0.2) is 0 Å². The Morgan fingerprint density at radius 3 is 2.67 bits per heavy atom. The van der Waals surface area contributed by atoms with Crippen LogP contribution in [0.1, 0.15) is 55.1 Å². The van der Waals surface area contributed by atoms with Crippen LogP contribution < -0.4 is 10.1 Å². The van der Waals surface area contributed by atoms with E-state index < -0.39 is 0 Å². The van der Waals surface area contributed by atoms with Gasteiger partial charge in [0.05, 0.1) is 19.7 Å². The van der Waals surface area contributed by atoms with Gasteiger partial charge >= 0.3 is 0 Å². The number of rotatable bonds is 9. The first-order valence-corrected chi connectivity index (χ1v) is 12.5. The summed E-state index contributed by atoms with van der Waals surface area (Å²) in [6, 6.07) is 19.2. The van der Waals surface area contributed by atoms with E-state index in [0.29, 0.717) is 19.0 Å². The van der Waals surface area contributed by atoms with Crippen molar-refractivity contribution in [3.05, 3.63) is 65.5 Å². The quantitative estimate of drug-likeness (QED) is 0.398. The maximum Gasteiger partial charge on any atom is 0.192 e. The Morgan fingerprint density at radius 2 is 1.94 bits per heavy atom. The second-order valence-corrected chi connectivity index (χ2v) is 9.74. The second-order valence-electron chi connectivity index (χ2n) is 8.57. The van der Waals surface area contributed by atoms with Gasteiger partial charge < -0.3 is 14.6 Å². The molecule has 0 saturated heterocycles. The van der Waals surface area contributed by atoms with Crippen molar-refractivity contribution >= 4 is 17.4 Å². The van der Waals surface area contributed by atoms with Gasteiger partial charge in [-0.1, -0.05) is 66.9 Å². The minimum Gasteiger partial charge on any atom is -0.497 e. The molecule has 0 radical (unpaired) electrons. The number of anilines is 1. The molecule has 0 aliphatic heterocycles. The van der Waals surface area contributed by atoms with Crippen molar-refractivity contribution in [2.24, 2.45) is 0 Å². The summed E-state index contributed by atoms with van der Waals surface area (Å²) in [4.78, 5) is 0. The Labute approximate surface area is 200 Å². The Kier molecular flexibility index (Phi) is 7.90. The molecule has 1 heterocycles. The predicted octanol–water partition coefficient (Wildman–Crippen LogP) is 5.94. The third kappa shape index (κ3) is 6.08. The fourth-order valence-corrected chi connectivity index (χ4v) is 5.35. The summed E-state index contributed by atoms with van der Waals surface area (Å²) in [6.07, 6.45) is 6.69. The molecule has 7 heteroatoms. The van der Waals surface area contributed by atoms with Crippen LogP contribution in [0.4, 0.5) is 5.69 Å². The van der Waals surface area contributed by atoms with E-state index >= 15 is 0 Å². The highest BCUT2D eigenvalue weighted by molar-refractivity contribution is 8.00. The summed E-state index contributed by atoms with van der Waals surface area (Å²) in [5.41, 5.74) is 3.38. The first-order chi connectivity index (χ1) is 16.2. The molecular formula is C26H31N5OS. The van der Waals surface area contributed by atoms with Crippen LogP contribution in [0.15, 0.2) is 53.7 Å². The van der Waals surface area contributed by atoms with Crippen molar-refractivity contribution in [2.45, 2.75) is 68.4 Å².